The average molecular weight is 517 g/mol. The van der Waals surface area contributed by atoms with Gasteiger partial charge in [0.15, 0.2) is 4.96 Å². The van der Waals surface area contributed by atoms with Crippen LogP contribution in [-0.2, 0) is 10.0 Å². The van der Waals surface area contributed by atoms with E-state index in [0.717, 1.165) is 17.0 Å². The minimum absolute atomic E-state index is 0.0935. The second-order valence-corrected chi connectivity index (χ2v) is 10.6. The molecule has 3 aromatic carbocycles. The number of aryl methyl sites for hydroxylation is 1. The van der Waals surface area contributed by atoms with Crippen LogP contribution in [0.1, 0.15) is 25.7 Å². The van der Waals surface area contributed by atoms with Crippen molar-refractivity contribution in [2.75, 3.05) is 5.32 Å². The van der Waals surface area contributed by atoms with Crippen molar-refractivity contribution in [3.05, 3.63) is 107 Å². The summed E-state index contributed by atoms with van der Waals surface area (Å²) < 4.78 is 29.1. The van der Waals surface area contributed by atoms with Gasteiger partial charge in [0, 0.05) is 28.7 Å². The van der Waals surface area contributed by atoms with Crippen molar-refractivity contribution in [1.29, 1.82) is 0 Å². The van der Waals surface area contributed by atoms with E-state index in [1.807, 2.05) is 52.6 Å². The summed E-state index contributed by atoms with van der Waals surface area (Å²) in [7, 11) is -4.07. The zero-order valence-electron chi connectivity index (χ0n) is 19.0. The van der Waals surface area contributed by atoms with E-state index in [-0.39, 0.29) is 16.4 Å². The molecule has 0 radical (unpaired) electrons. The number of amides is 2. The smallest absolute Gasteiger partial charge is 0.267 e. The van der Waals surface area contributed by atoms with Crippen molar-refractivity contribution in [3.8, 4) is 11.3 Å². The van der Waals surface area contributed by atoms with Crippen LogP contribution in [-0.4, -0.2) is 29.6 Å². The Kier molecular flexibility index (Phi) is 6.13. The van der Waals surface area contributed by atoms with Gasteiger partial charge in [0.25, 0.3) is 21.8 Å². The van der Waals surface area contributed by atoms with Crippen LogP contribution in [0.5, 0.6) is 0 Å². The maximum Gasteiger partial charge on any atom is 0.267 e. The lowest BCUT2D eigenvalue weighted by Gasteiger charge is -2.09. The molecule has 10 heteroatoms. The van der Waals surface area contributed by atoms with Gasteiger partial charge in [-0.2, -0.15) is 0 Å². The molecule has 36 heavy (non-hydrogen) atoms. The summed E-state index contributed by atoms with van der Waals surface area (Å²) in [6.07, 6.45) is 1.90. The highest BCUT2D eigenvalue weighted by Crippen LogP contribution is 2.28. The summed E-state index contributed by atoms with van der Waals surface area (Å²) in [5.74, 6) is -1.04. The standard InChI is InChI=1S/C26H20N4O4S2/c1-17-23(35-26-28-22(16-30(17)26)18-8-4-2-5-9-18)25(32)27-20-12-14-21(15-13-20)36(33,34)29-24(31)19-10-6-3-7-11-19/h2-16H,1H3,(H,27,32)(H,29,31). The first-order valence-corrected chi connectivity index (χ1v) is 13.2. The lowest BCUT2D eigenvalue weighted by Crippen LogP contribution is -2.30. The number of sulfonamides is 1. The Morgan fingerprint density at radius 1 is 0.861 bits per heavy atom. The van der Waals surface area contributed by atoms with Crippen molar-refractivity contribution in [2.24, 2.45) is 0 Å². The molecule has 2 aromatic heterocycles. The molecule has 0 saturated carbocycles. The number of imidazole rings is 1. The van der Waals surface area contributed by atoms with Gasteiger partial charge in [-0.1, -0.05) is 59.9 Å². The van der Waals surface area contributed by atoms with E-state index in [1.165, 1.54) is 47.7 Å². The van der Waals surface area contributed by atoms with Gasteiger partial charge >= 0.3 is 0 Å². The Bertz CT molecular complexity index is 1670. The van der Waals surface area contributed by atoms with Crippen LogP contribution < -0.4 is 10.0 Å². The normalized spacial score (nSPS) is 11.4. The third-order valence-electron chi connectivity index (χ3n) is 5.52. The van der Waals surface area contributed by atoms with E-state index in [4.69, 9.17) is 0 Å². The summed E-state index contributed by atoms with van der Waals surface area (Å²) in [6.45, 7) is 1.85. The van der Waals surface area contributed by atoms with Gasteiger partial charge in [-0.3, -0.25) is 14.0 Å². The molecule has 5 aromatic rings. The molecule has 8 nitrogen and oxygen atoms in total. The van der Waals surface area contributed by atoms with E-state index in [1.54, 1.807) is 18.2 Å². The first kappa shape index (κ1) is 23.5. The summed E-state index contributed by atoms with van der Waals surface area (Å²) >= 11 is 1.28. The molecule has 0 spiro atoms. The highest BCUT2D eigenvalue weighted by Gasteiger charge is 2.20. The number of thiazole rings is 1. The summed E-state index contributed by atoms with van der Waals surface area (Å²) in [6, 6.07) is 23.5. The third-order valence-corrected chi connectivity index (χ3v) is 8.02. The number of carbonyl (C=O) groups excluding carboxylic acids is 2. The molecule has 0 fully saturated rings. The molecule has 0 saturated heterocycles. The maximum atomic E-state index is 12.9. The lowest BCUT2D eigenvalue weighted by molar-refractivity contribution is 0.0980. The van der Waals surface area contributed by atoms with Crippen LogP contribution in [0.3, 0.4) is 0 Å². The number of benzene rings is 3. The van der Waals surface area contributed by atoms with Crippen molar-refractivity contribution in [3.63, 3.8) is 0 Å². The SMILES string of the molecule is Cc1c(C(=O)Nc2ccc(S(=O)(=O)NC(=O)c3ccccc3)cc2)sc2nc(-c3ccccc3)cn12. The maximum absolute atomic E-state index is 12.9. The number of carbonyl (C=O) groups is 2. The van der Waals surface area contributed by atoms with Crippen LogP contribution in [0.15, 0.2) is 96.0 Å². The van der Waals surface area contributed by atoms with Crippen molar-refractivity contribution in [1.82, 2.24) is 14.1 Å². The molecular weight excluding hydrogens is 496 g/mol. The molecule has 180 valence electrons. The number of hydrogen-bond donors (Lipinski definition) is 2. The van der Waals surface area contributed by atoms with Crippen LogP contribution >= 0.6 is 11.3 Å². The van der Waals surface area contributed by atoms with Gasteiger partial charge in [-0.15, -0.1) is 0 Å². The largest absolute Gasteiger partial charge is 0.321 e. The summed E-state index contributed by atoms with van der Waals surface area (Å²) in [5, 5.41) is 2.79. The number of nitrogens with one attached hydrogen (secondary N) is 2. The average Bonchev–Trinajstić information content (AvgIpc) is 3.44. The van der Waals surface area contributed by atoms with E-state index in [0.29, 0.717) is 15.5 Å². The molecule has 5 rings (SSSR count). The Hall–Kier alpha value is -4.28. The van der Waals surface area contributed by atoms with Crippen LogP contribution in [0.25, 0.3) is 16.2 Å². The number of hydrogen-bond acceptors (Lipinski definition) is 6. The van der Waals surface area contributed by atoms with E-state index >= 15 is 0 Å². The number of rotatable bonds is 6. The van der Waals surface area contributed by atoms with Crippen molar-refractivity contribution in [2.45, 2.75) is 11.8 Å². The van der Waals surface area contributed by atoms with E-state index < -0.39 is 15.9 Å². The summed E-state index contributed by atoms with van der Waals surface area (Å²) in [5.41, 5.74) is 3.23. The Balaban J connectivity index is 1.30. The molecule has 2 heterocycles. The molecular formula is C26H20N4O4S2. The quantitative estimate of drug-likeness (QED) is 0.339. The Labute approximate surface area is 211 Å². The highest BCUT2D eigenvalue weighted by atomic mass is 32.2. The van der Waals surface area contributed by atoms with Crippen LogP contribution in [0, 0.1) is 6.92 Å². The first-order chi connectivity index (χ1) is 17.3. The van der Waals surface area contributed by atoms with Gasteiger partial charge in [-0.25, -0.2) is 18.1 Å². The Morgan fingerprint density at radius 2 is 1.50 bits per heavy atom. The highest BCUT2D eigenvalue weighted by molar-refractivity contribution is 7.90. The lowest BCUT2D eigenvalue weighted by atomic mass is 10.2. The third kappa shape index (κ3) is 4.64. The van der Waals surface area contributed by atoms with Crippen LogP contribution in [0.2, 0.25) is 0 Å². The molecule has 0 atom stereocenters. The van der Waals surface area contributed by atoms with Crippen molar-refractivity contribution >= 4 is 43.8 Å². The number of aromatic nitrogens is 2. The predicted octanol–water partition coefficient (Wildman–Crippen LogP) is 4.74. The monoisotopic (exact) mass is 516 g/mol. The number of nitrogens with zero attached hydrogens (tertiary/aromatic N) is 2. The topological polar surface area (TPSA) is 110 Å². The van der Waals surface area contributed by atoms with E-state index in [9.17, 15) is 18.0 Å². The Morgan fingerprint density at radius 3 is 2.14 bits per heavy atom. The van der Waals surface area contributed by atoms with Crippen molar-refractivity contribution < 1.29 is 18.0 Å². The zero-order chi connectivity index (χ0) is 25.3. The molecule has 0 aliphatic heterocycles. The van der Waals surface area contributed by atoms with Gasteiger partial charge in [0.1, 0.15) is 4.88 Å². The summed E-state index contributed by atoms with van der Waals surface area (Å²) in [4.78, 5) is 30.9. The van der Waals surface area contributed by atoms with Gasteiger partial charge < -0.3 is 5.32 Å². The fourth-order valence-corrected chi connectivity index (χ4v) is 5.62. The first-order valence-electron chi connectivity index (χ1n) is 10.9. The molecule has 2 amide bonds. The number of anilines is 1. The minimum atomic E-state index is -4.07. The minimum Gasteiger partial charge on any atom is -0.321 e. The van der Waals surface area contributed by atoms with Gasteiger partial charge in [0.2, 0.25) is 0 Å². The molecule has 0 unspecified atom stereocenters. The van der Waals surface area contributed by atoms with Crippen LogP contribution in [0.4, 0.5) is 5.69 Å². The van der Waals surface area contributed by atoms with Gasteiger partial charge in [0.05, 0.1) is 10.6 Å². The second-order valence-electron chi connectivity index (χ2n) is 7.94. The molecule has 0 aliphatic carbocycles. The second kappa shape index (κ2) is 9.40. The van der Waals surface area contributed by atoms with E-state index in [2.05, 4.69) is 10.3 Å². The fourth-order valence-electron chi connectivity index (χ4n) is 3.64. The number of fused-ring (bicyclic) bond motifs is 1. The zero-order valence-corrected chi connectivity index (χ0v) is 20.6. The predicted molar refractivity (Wildman–Crippen MR) is 139 cm³/mol. The fraction of sp³-hybridized carbons (Fsp3) is 0.0385. The van der Waals surface area contributed by atoms with Gasteiger partial charge in [-0.05, 0) is 43.3 Å². The molecule has 0 aliphatic rings. The molecule has 0 bridgehead atoms. The molecule has 2 N–H and O–H groups in total.